The standard InChI is InChI=1S/C8H16N2O3S/c1-8(2)5-7(11)6-10(8)14(12,13)9(3)4/h5-6H2,1-4H3. The van der Waals surface area contributed by atoms with Crippen molar-refractivity contribution in [2.75, 3.05) is 20.6 Å². The Balaban J connectivity index is 3.06. The molecule has 0 spiro atoms. The van der Waals surface area contributed by atoms with E-state index in [0.29, 0.717) is 6.42 Å². The number of carbonyl (C=O) groups is 1. The first kappa shape index (κ1) is 11.6. The van der Waals surface area contributed by atoms with Gasteiger partial charge in [0.2, 0.25) is 0 Å². The molecular weight excluding hydrogens is 204 g/mol. The zero-order chi connectivity index (χ0) is 11.1. The average molecular weight is 220 g/mol. The third-order valence-corrected chi connectivity index (χ3v) is 4.47. The molecule has 0 aromatic heterocycles. The van der Waals surface area contributed by atoms with E-state index in [2.05, 4.69) is 0 Å². The molecule has 0 unspecified atom stereocenters. The number of Topliss-reactive ketones (excluding diaryl/α,β-unsaturated/α-hetero) is 1. The van der Waals surface area contributed by atoms with E-state index >= 15 is 0 Å². The lowest BCUT2D eigenvalue weighted by Crippen LogP contribution is -2.47. The lowest BCUT2D eigenvalue weighted by molar-refractivity contribution is -0.116. The van der Waals surface area contributed by atoms with E-state index in [1.807, 2.05) is 0 Å². The van der Waals surface area contributed by atoms with Crippen molar-refractivity contribution < 1.29 is 13.2 Å². The number of ketones is 1. The van der Waals surface area contributed by atoms with Gasteiger partial charge in [0.05, 0.1) is 6.54 Å². The molecule has 14 heavy (non-hydrogen) atoms. The minimum Gasteiger partial charge on any atom is -0.298 e. The van der Waals surface area contributed by atoms with Gasteiger partial charge in [0, 0.05) is 26.1 Å². The van der Waals surface area contributed by atoms with Crippen LogP contribution in [0.2, 0.25) is 0 Å². The first-order chi connectivity index (χ1) is 6.18. The Hall–Kier alpha value is -0.460. The van der Waals surface area contributed by atoms with Crippen molar-refractivity contribution in [2.24, 2.45) is 0 Å². The molecule has 6 heteroatoms. The van der Waals surface area contributed by atoms with Crippen LogP contribution in [-0.2, 0) is 15.0 Å². The monoisotopic (exact) mass is 220 g/mol. The summed E-state index contributed by atoms with van der Waals surface area (Å²) in [4.78, 5) is 11.2. The van der Waals surface area contributed by atoms with Crippen molar-refractivity contribution in [2.45, 2.75) is 25.8 Å². The van der Waals surface area contributed by atoms with E-state index in [-0.39, 0.29) is 12.3 Å². The highest BCUT2D eigenvalue weighted by molar-refractivity contribution is 7.86. The quantitative estimate of drug-likeness (QED) is 0.650. The Morgan fingerprint density at radius 2 is 1.86 bits per heavy atom. The highest BCUT2D eigenvalue weighted by Gasteiger charge is 2.45. The summed E-state index contributed by atoms with van der Waals surface area (Å²) < 4.78 is 26.0. The van der Waals surface area contributed by atoms with E-state index in [9.17, 15) is 13.2 Å². The van der Waals surface area contributed by atoms with Crippen molar-refractivity contribution in [1.82, 2.24) is 8.61 Å². The van der Waals surface area contributed by atoms with Gasteiger partial charge in [-0.2, -0.15) is 17.0 Å². The Bertz CT molecular complexity index is 346. The highest BCUT2D eigenvalue weighted by atomic mass is 32.2. The maximum Gasteiger partial charge on any atom is 0.282 e. The third kappa shape index (κ3) is 1.82. The summed E-state index contributed by atoms with van der Waals surface area (Å²) in [6.07, 6.45) is 0.292. The van der Waals surface area contributed by atoms with E-state index in [1.54, 1.807) is 13.8 Å². The number of hydrogen-bond donors (Lipinski definition) is 0. The summed E-state index contributed by atoms with van der Waals surface area (Å²) in [6.45, 7) is 3.52. The van der Waals surface area contributed by atoms with Crippen molar-refractivity contribution in [3.05, 3.63) is 0 Å². The van der Waals surface area contributed by atoms with Crippen LogP contribution in [0.3, 0.4) is 0 Å². The molecule has 5 nitrogen and oxygen atoms in total. The topological polar surface area (TPSA) is 57.7 Å². The molecule has 1 heterocycles. The van der Waals surface area contributed by atoms with Crippen LogP contribution in [-0.4, -0.2) is 49.0 Å². The van der Waals surface area contributed by atoms with Crippen molar-refractivity contribution in [3.8, 4) is 0 Å². The second-order valence-electron chi connectivity index (χ2n) is 4.32. The molecule has 1 aliphatic rings. The summed E-state index contributed by atoms with van der Waals surface area (Å²) >= 11 is 0. The lowest BCUT2D eigenvalue weighted by Gasteiger charge is -2.31. The first-order valence-corrected chi connectivity index (χ1v) is 5.79. The smallest absolute Gasteiger partial charge is 0.282 e. The summed E-state index contributed by atoms with van der Waals surface area (Å²) in [6, 6.07) is 0. The zero-order valence-electron chi connectivity index (χ0n) is 8.94. The third-order valence-electron chi connectivity index (χ3n) is 2.36. The van der Waals surface area contributed by atoms with E-state index in [0.717, 1.165) is 4.31 Å². The molecule has 0 radical (unpaired) electrons. The van der Waals surface area contributed by atoms with E-state index in [4.69, 9.17) is 0 Å². The fourth-order valence-corrected chi connectivity index (χ4v) is 2.98. The second-order valence-corrected chi connectivity index (χ2v) is 6.39. The first-order valence-electron chi connectivity index (χ1n) is 4.40. The largest absolute Gasteiger partial charge is 0.298 e. The van der Waals surface area contributed by atoms with Gasteiger partial charge in [-0.05, 0) is 13.8 Å². The maximum absolute atomic E-state index is 11.8. The second kappa shape index (κ2) is 3.29. The molecule has 0 aromatic rings. The van der Waals surface area contributed by atoms with Crippen molar-refractivity contribution >= 4 is 16.0 Å². The van der Waals surface area contributed by atoms with Crippen molar-refractivity contribution in [3.63, 3.8) is 0 Å². The fourth-order valence-electron chi connectivity index (χ4n) is 1.59. The van der Waals surface area contributed by atoms with E-state index < -0.39 is 15.7 Å². The van der Waals surface area contributed by atoms with Gasteiger partial charge in [-0.3, -0.25) is 4.79 Å². The number of hydrogen-bond acceptors (Lipinski definition) is 3. The molecular formula is C8H16N2O3S. The number of nitrogens with zero attached hydrogens (tertiary/aromatic N) is 2. The molecule has 0 saturated carbocycles. The Morgan fingerprint density at radius 3 is 2.14 bits per heavy atom. The van der Waals surface area contributed by atoms with Crippen LogP contribution in [0.25, 0.3) is 0 Å². The summed E-state index contributed by atoms with van der Waals surface area (Å²) in [5.74, 6) is -0.0274. The normalized spacial score (nSPS) is 23.4. The molecule has 1 aliphatic heterocycles. The van der Waals surface area contributed by atoms with Gasteiger partial charge < -0.3 is 0 Å². The molecule has 0 N–H and O–H groups in total. The molecule has 1 fully saturated rings. The van der Waals surface area contributed by atoms with Crippen LogP contribution in [0.4, 0.5) is 0 Å². The highest BCUT2D eigenvalue weighted by Crippen LogP contribution is 2.29. The molecule has 1 saturated heterocycles. The van der Waals surface area contributed by atoms with Gasteiger partial charge in [-0.15, -0.1) is 0 Å². The molecule has 82 valence electrons. The lowest BCUT2D eigenvalue weighted by atomic mass is 10.0. The maximum atomic E-state index is 11.8. The van der Waals surface area contributed by atoms with Gasteiger partial charge in [-0.25, -0.2) is 0 Å². The molecule has 0 atom stereocenters. The van der Waals surface area contributed by atoms with Gasteiger partial charge >= 0.3 is 0 Å². The fraction of sp³-hybridized carbons (Fsp3) is 0.875. The van der Waals surface area contributed by atoms with Crippen LogP contribution in [0.15, 0.2) is 0 Å². The minimum absolute atomic E-state index is 0.00644. The SMILES string of the molecule is CN(C)S(=O)(=O)N1CC(=O)CC1(C)C. The minimum atomic E-state index is -3.47. The number of rotatable bonds is 2. The Labute approximate surface area is 84.9 Å². The van der Waals surface area contributed by atoms with Gasteiger partial charge in [0.1, 0.15) is 5.78 Å². The Morgan fingerprint density at radius 1 is 1.36 bits per heavy atom. The summed E-state index contributed by atoms with van der Waals surface area (Å²) in [5, 5.41) is 0. The van der Waals surface area contributed by atoms with Gasteiger partial charge in [0.15, 0.2) is 0 Å². The molecule has 0 aliphatic carbocycles. The molecule has 0 amide bonds. The van der Waals surface area contributed by atoms with Crippen molar-refractivity contribution in [1.29, 1.82) is 0 Å². The van der Waals surface area contributed by atoms with Gasteiger partial charge in [0.25, 0.3) is 10.2 Å². The Kier molecular flexibility index (Phi) is 2.73. The molecule has 0 bridgehead atoms. The van der Waals surface area contributed by atoms with Crippen LogP contribution >= 0.6 is 0 Å². The van der Waals surface area contributed by atoms with Crippen LogP contribution < -0.4 is 0 Å². The predicted molar refractivity (Wildman–Crippen MR) is 53.0 cm³/mol. The van der Waals surface area contributed by atoms with Crippen LogP contribution in [0, 0.1) is 0 Å². The van der Waals surface area contributed by atoms with Crippen LogP contribution in [0.5, 0.6) is 0 Å². The zero-order valence-corrected chi connectivity index (χ0v) is 9.76. The van der Waals surface area contributed by atoms with E-state index in [1.165, 1.54) is 18.4 Å². The predicted octanol–water partition coefficient (Wildman–Crippen LogP) is -0.154. The summed E-state index contributed by atoms with van der Waals surface area (Å²) in [5.41, 5.74) is -0.597. The average Bonchev–Trinajstić information content (AvgIpc) is 2.24. The summed E-state index contributed by atoms with van der Waals surface area (Å²) in [7, 11) is -0.538. The van der Waals surface area contributed by atoms with Gasteiger partial charge in [-0.1, -0.05) is 0 Å². The molecule has 0 aromatic carbocycles. The molecule has 1 rings (SSSR count). The number of carbonyl (C=O) groups excluding carboxylic acids is 1. The van der Waals surface area contributed by atoms with Crippen LogP contribution in [0.1, 0.15) is 20.3 Å².